The Hall–Kier alpha value is -2.72. The van der Waals surface area contributed by atoms with Crippen LogP contribution in [-0.4, -0.2) is 11.5 Å². The minimum absolute atomic E-state index is 0.00752. The zero-order valence-corrected chi connectivity index (χ0v) is 18.7. The number of fused-ring (bicyclic) bond motifs is 1. The fourth-order valence-electron chi connectivity index (χ4n) is 3.18. The fraction of sp³-hybridized carbons (Fsp3) is 0.280. The van der Waals surface area contributed by atoms with Crippen molar-refractivity contribution in [2.45, 2.75) is 33.1 Å². The van der Waals surface area contributed by atoms with Crippen molar-refractivity contribution in [1.82, 2.24) is 4.98 Å². The van der Waals surface area contributed by atoms with E-state index < -0.39 is 5.89 Å². The van der Waals surface area contributed by atoms with Crippen molar-refractivity contribution in [3.8, 4) is 18.4 Å². The number of hydrogen-bond donors (Lipinski definition) is 1. The molecular weight excluding hydrogens is 413 g/mol. The van der Waals surface area contributed by atoms with Crippen LogP contribution in [0.3, 0.4) is 0 Å². The number of nitriles is 1. The van der Waals surface area contributed by atoms with Crippen LogP contribution >= 0.6 is 23.2 Å². The van der Waals surface area contributed by atoms with Crippen LogP contribution in [0.4, 0.5) is 5.69 Å². The summed E-state index contributed by atoms with van der Waals surface area (Å²) < 4.78 is 8.91. The van der Waals surface area contributed by atoms with Crippen molar-refractivity contribution in [3.05, 3.63) is 69.3 Å². The summed E-state index contributed by atoms with van der Waals surface area (Å²) in [6.07, 6.45) is 7.51. The lowest BCUT2D eigenvalue weighted by molar-refractivity contribution is 0.443. The van der Waals surface area contributed by atoms with Gasteiger partial charge >= 0.3 is 0 Å². The van der Waals surface area contributed by atoms with Gasteiger partial charge in [0, 0.05) is 24.5 Å². The van der Waals surface area contributed by atoms with Gasteiger partial charge in [-0.15, -0.1) is 6.42 Å². The average molecular weight is 437 g/mol. The largest absolute Gasteiger partial charge is 0.383 e. The van der Waals surface area contributed by atoms with Gasteiger partial charge < -0.3 is 5.32 Å². The molecule has 5 heteroatoms. The Bertz CT molecular complexity index is 1220. The molecule has 0 amide bonds. The lowest BCUT2D eigenvalue weighted by Crippen LogP contribution is -2.19. The highest BCUT2D eigenvalue weighted by atomic mass is 35.5. The maximum Gasteiger partial charge on any atom is 0.103 e. The number of terminal acetylenes is 1. The summed E-state index contributed by atoms with van der Waals surface area (Å²) in [6, 6.07) is 13.0. The summed E-state index contributed by atoms with van der Waals surface area (Å²) >= 11 is 12.9. The summed E-state index contributed by atoms with van der Waals surface area (Å²) in [5.41, 5.74) is 3.04. The Kier molecular flexibility index (Phi) is 6.14. The number of anilines is 1. The fourth-order valence-corrected chi connectivity index (χ4v) is 3.72. The van der Waals surface area contributed by atoms with Crippen molar-refractivity contribution in [1.29, 1.82) is 5.26 Å². The van der Waals surface area contributed by atoms with E-state index in [1.807, 2.05) is 12.1 Å². The van der Waals surface area contributed by atoms with E-state index in [4.69, 9.17) is 31.0 Å². The molecule has 1 atom stereocenters. The molecule has 30 heavy (non-hydrogen) atoms. The first-order valence-corrected chi connectivity index (χ1v) is 10.3. The van der Waals surface area contributed by atoms with E-state index in [1.165, 1.54) is 6.20 Å². The molecule has 0 saturated heterocycles. The van der Waals surface area contributed by atoms with E-state index in [2.05, 4.69) is 43.1 Å². The Morgan fingerprint density at radius 3 is 2.60 bits per heavy atom. The Morgan fingerprint density at radius 1 is 1.23 bits per heavy atom. The van der Waals surface area contributed by atoms with Gasteiger partial charge in [0.2, 0.25) is 0 Å². The minimum atomic E-state index is -1.37. The van der Waals surface area contributed by atoms with E-state index in [0.29, 0.717) is 38.9 Å². The van der Waals surface area contributed by atoms with Gasteiger partial charge in [-0.05, 0) is 41.2 Å². The van der Waals surface area contributed by atoms with E-state index in [1.54, 1.807) is 24.3 Å². The van der Waals surface area contributed by atoms with Crippen LogP contribution in [-0.2, 0) is 6.42 Å². The SMILES string of the molecule is [2H][C@@](C#C)(Cc1cc(Cl)c2ncc(C#N)c(NCC(C)(C)C)c2c1)c1ccccc1Cl. The molecule has 3 aromatic rings. The van der Waals surface area contributed by atoms with E-state index in [-0.39, 0.29) is 11.8 Å². The number of hydrogen-bond acceptors (Lipinski definition) is 3. The van der Waals surface area contributed by atoms with Crippen molar-refractivity contribution in [3.63, 3.8) is 0 Å². The standard InChI is InChI=1S/C25H23Cl2N3/c1-5-17(19-8-6-7-9-21(19)26)10-16-11-20-23(30-15-25(2,3)4)18(13-28)14-29-24(20)22(27)12-16/h1,6-9,11-12,14,17H,10,15H2,2-4H3,(H,29,30)/t17-/m1/s1/i17D. The summed E-state index contributed by atoms with van der Waals surface area (Å²) in [5, 5.41) is 14.6. The molecule has 2 aromatic carbocycles. The lowest BCUT2D eigenvalue weighted by atomic mass is 9.91. The summed E-state index contributed by atoms with van der Waals surface area (Å²) in [4.78, 5) is 4.38. The molecule has 0 aliphatic rings. The van der Waals surface area contributed by atoms with Gasteiger partial charge in [0.1, 0.15) is 6.07 Å². The second kappa shape index (κ2) is 8.97. The molecule has 0 bridgehead atoms. The average Bonchev–Trinajstić information content (AvgIpc) is 2.71. The molecule has 0 aliphatic carbocycles. The van der Waals surface area contributed by atoms with Crippen LogP contribution in [0.5, 0.6) is 0 Å². The second-order valence-corrected chi connectivity index (χ2v) is 9.14. The van der Waals surface area contributed by atoms with Gasteiger partial charge in [0.05, 0.1) is 27.7 Å². The van der Waals surface area contributed by atoms with Crippen molar-refractivity contribution in [2.75, 3.05) is 11.9 Å². The molecule has 0 saturated carbocycles. The van der Waals surface area contributed by atoms with Gasteiger partial charge in [0.25, 0.3) is 0 Å². The summed E-state index contributed by atoms with van der Waals surface area (Å²) in [6.45, 7) is 6.99. The number of nitrogens with zero attached hydrogens (tertiary/aromatic N) is 2. The molecule has 0 aliphatic heterocycles. The second-order valence-electron chi connectivity index (χ2n) is 8.33. The van der Waals surface area contributed by atoms with Crippen LogP contribution < -0.4 is 5.32 Å². The predicted octanol–water partition coefficient (Wildman–Crippen LogP) is 6.83. The molecule has 1 aromatic heterocycles. The first-order valence-electron chi connectivity index (χ1n) is 10.1. The normalized spacial score (nSPS) is 13.8. The molecule has 0 radical (unpaired) electrons. The van der Waals surface area contributed by atoms with Crippen LogP contribution in [0, 0.1) is 29.1 Å². The molecule has 0 spiro atoms. The van der Waals surface area contributed by atoms with Crippen molar-refractivity contribution < 1.29 is 1.37 Å². The zero-order valence-electron chi connectivity index (χ0n) is 18.2. The highest BCUT2D eigenvalue weighted by Crippen LogP contribution is 2.34. The Labute approximate surface area is 189 Å². The molecule has 152 valence electrons. The topological polar surface area (TPSA) is 48.7 Å². The Balaban J connectivity index is 2.13. The molecule has 0 unspecified atom stereocenters. The van der Waals surface area contributed by atoms with E-state index in [9.17, 15) is 5.26 Å². The van der Waals surface area contributed by atoms with Crippen molar-refractivity contribution >= 4 is 39.8 Å². The highest BCUT2D eigenvalue weighted by Gasteiger charge is 2.18. The van der Waals surface area contributed by atoms with Gasteiger partial charge in [-0.3, -0.25) is 4.98 Å². The number of benzene rings is 2. The predicted molar refractivity (Wildman–Crippen MR) is 126 cm³/mol. The number of halogens is 2. The van der Waals surface area contributed by atoms with Gasteiger partial charge in [-0.25, -0.2) is 0 Å². The number of aromatic nitrogens is 1. The first-order chi connectivity index (χ1) is 14.6. The molecule has 1 heterocycles. The molecule has 3 rings (SSSR count). The van der Waals surface area contributed by atoms with Crippen molar-refractivity contribution in [2.24, 2.45) is 5.41 Å². The third kappa shape index (κ3) is 4.88. The van der Waals surface area contributed by atoms with Crippen LogP contribution in [0.1, 0.15) is 44.7 Å². The third-order valence-electron chi connectivity index (χ3n) is 4.65. The van der Waals surface area contributed by atoms with E-state index >= 15 is 0 Å². The first kappa shape index (κ1) is 20.5. The minimum Gasteiger partial charge on any atom is -0.383 e. The Morgan fingerprint density at radius 2 is 1.97 bits per heavy atom. The van der Waals surface area contributed by atoms with E-state index in [0.717, 1.165) is 10.9 Å². The zero-order chi connectivity index (χ0) is 22.8. The highest BCUT2D eigenvalue weighted by molar-refractivity contribution is 6.35. The van der Waals surface area contributed by atoms with Crippen LogP contribution in [0.15, 0.2) is 42.6 Å². The monoisotopic (exact) mass is 436 g/mol. The number of nitrogens with one attached hydrogen (secondary N) is 1. The quantitative estimate of drug-likeness (QED) is 0.445. The number of pyridine rings is 1. The van der Waals surface area contributed by atoms with Crippen LogP contribution in [0.2, 0.25) is 10.0 Å². The lowest BCUT2D eigenvalue weighted by Gasteiger charge is -2.21. The summed E-state index contributed by atoms with van der Waals surface area (Å²) in [7, 11) is 0. The molecule has 1 N–H and O–H groups in total. The van der Waals surface area contributed by atoms with Gasteiger partial charge in [-0.2, -0.15) is 5.26 Å². The molecule has 0 fully saturated rings. The van der Waals surface area contributed by atoms with Gasteiger partial charge in [-0.1, -0.05) is 68.1 Å². The molecular formula is C25H23Cl2N3. The summed E-state index contributed by atoms with van der Waals surface area (Å²) in [5.74, 6) is 1.22. The maximum absolute atomic E-state index is 9.62. The van der Waals surface area contributed by atoms with Gasteiger partial charge in [0.15, 0.2) is 0 Å². The molecule has 3 nitrogen and oxygen atoms in total. The van der Waals surface area contributed by atoms with Crippen LogP contribution in [0.25, 0.3) is 10.9 Å². The smallest absolute Gasteiger partial charge is 0.103 e. The maximum atomic E-state index is 9.62. The third-order valence-corrected chi connectivity index (χ3v) is 5.27. The number of rotatable bonds is 5.